The third-order valence-electron chi connectivity index (χ3n) is 5.24. The van der Waals surface area contributed by atoms with Crippen LogP contribution in [0.3, 0.4) is 0 Å². The van der Waals surface area contributed by atoms with Crippen LogP contribution in [-0.4, -0.2) is 46.7 Å². The molecule has 2 aromatic carbocycles. The molecule has 1 aromatic heterocycles. The number of para-hydroxylation sites is 1. The van der Waals surface area contributed by atoms with E-state index in [-0.39, 0.29) is 5.91 Å². The molecule has 0 unspecified atom stereocenters. The number of ether oxygens (including phenoxy) is 1. The number of benzene rings is 2. The molecule has 0 bridgehead atoms. The lowest BCUT2D eigenvalue weighted by Crippen LogP contribution is -2.35. The Hall–Kier alpha value is -2.96. The highest BCUT2D eigenvalue weighted by Crippen LogP contribution is 2.16. The Labute approximate surface area is 171 Å². The fourth-order valence-corrected chi connectivity index (χ4v) is 3.58. The maximum Gasteiger partial charge on any atom is 0.251 e. The van der Waals surface area contributed by atoms with Gasteiger partial charge < -0.3 is 14.6 Å². The second kappa shape index (κ2) is 9.03. The van der Waals surface area contributed by atoms with E-state index < -0.39 is 0 Å². The number of hydrogen-bond acceptors (Lipinski definition) is 4. The van der Waals surface area contributed by atoms with E-state index in [1.807, 2.05) is 66.2 Å². The van der Waals surface area contributed by atoms with Gasteiger partial charge in [-0.25, -0.2) is 4.98 Å². The molecule has 0 aliphatic carbocycles. The molecule has 1 aliphatic heterocycles. The van der Waals surface area contributed by atoms with Gasteiger partial charge in [0.05, 0.1) is 18.9 Å². The quantitative estimate of drug-likeness (QED) is 0.703. The Morgan fingerprint density at radius 3 is 2.59 bits per heavy atom. The lowest BCUT2D eigenvalue weighted by molar-refractivity contribution is 0.0342. The lowest BCUT2D eigenvalue weighted by Gasteiger charge is -2.26. The van der Waals surface area contributed by atoms with Crippen molar-refractivity contribution in [3.8, 4) is 5.69 Å². The molecule has 6 nitrogen and oxygen atoms in total. The second-order valence-corrected chi connectivity index (χ2v) is 7.24. The number of rotatable bonds is 6. The van der Waals surface area contributed by atoms with E-state index in [4.69, 9.17) is 4.74 Å². The van der Waals surface area contributed by atoms with Gasteiger partial charge in [0, 0.05) is 44.1 Å². The van der Waals surface area contributed by atoms with E-state index in [0.29, 0.717) is 12.1 Å². The van der Waals surface area contributed by atoms with Gasteiger partial charge in [-0.15, -0.1) is 0 Å². The summed E-state index contributed by atoms with van der Waals surface area (Å²) in [5.74, 6) is 0.847. The first-order valence-corrected chi connectivity index (χ1v) is 9.96. The molecule has 6 heteroatoms. The molecular formula is C23H26N4O2. The minimum atomic E-state index is -0.0694. The highest BCUT2D eigenvalue weighted by Gasteiger charge is 2.12. The molecule has 1 amide bonds. The zero-order valence-electron chi connectivity index (χ0n) is 16.7. The number of hydrogen-bond donors (Lipinski definition) is 1. The number of nitrogens with one attached hydrogen (secondary N) is 1. The Morgan fingerprint density at radius 2 is 1.86 bits per heavy atom. The molecule has 1 saturated heterocycles. The van der Waals surface area contributed by atoms with E-state index in [1.54, 1.807) is 6.20 Å². The third-order valence-corrected chi connectivity index (χ3v) is 5.24. The normalized spacial score (nSPS) is 14.7. The van der Waals surface area contributed by atoms with Gasteiger partial charge in [0.1, 0.15) is 5.82 Å². The van der Waals surface area contributed by atoms with E-state index in [0.717, 1.165) is 49.9 Å². The maximum absolute atomic E-state index is 12.6. The van der Waals surface area contributed by atoms with Crippen molar-refractivity contribution < 1.29 is 9.53 Å². The van der Waals surface area contributed by atoms with E-state index in [9.17, 15) is 4.79 Å². The summed E-state index contributed by atoms with van der Waals surface area (Å²) >= 11 is 0. The Morgan fingerprint density at radius 1 is 1.10 bits per heavy atom. The SMILES string of the molecule is Cc1nccn1-c1ccccc1CNC(=O)c1ccc(CN2CCOCC2)cc1. The zero-order valence-corrected chi connectivity index (χ0v) is 16.7. The first kappa shape index (κ1) is 19.4. The van der Waals surface area contributed by atoms with E-state index in [2.05, 4.69) is 15.2 Å². The fourth-order valence-electron chi connectivity index (χ4n) is 3.58. The average molecular weight is 390 g/mol. The molecule has 29 heavy (non-hydrogen) atoms. The molecule has 1 N–H and O–H groups in total. The van der Waals surface area contributed by atoms with Gasteiger partial charge in [-0.2, -0.15) is 0 Å². The Kier molecular flexibility index (Phi) is 6.03. The largest absolute Gasteiger partial charge is 0.379 e. The van der Waals surface area contributed by atoms with Gasteiger partial charge in [0.15, 0.2) is 0 Å². The predicted molar refractivity (Wildman–Crippen MR) is 112 cm³/mol. The Bertz CT molecular complexity index is 959. The van der Waals surface area contributed by atoms with Crippen LogP contribution in [0.25, 0.3) is 5.69 Å². The summed E-state index contributed by atoms with van der Waals surface area (Å²) in [7, 11) is 0. The van der Waals surface area contributed by atoms with Crippen molar-refractivity contribution in [1.82, 2.24) is 19.8 Å². The highest BCUT2D eigenvalue weighted by atomic mass is 16.5. The fraction of sp³-hybridized carbons (Fsp3) is 0.304. The number of aromatic nitrogens is 2. The van der Waals surface area contributed by atoms with Crippen LogP contribution in [0.15, 0.2) is 60.9 Å². The number of nitrogens with zero attached hydrogens (tertiary/aromatic N) is 3. The summed E-state index contributed by atoms with van der Waals surface area (Å²) in [6.45, 7) is 6.82. The van der Waals surface area contributed by atoms with Gasteiger partial charge in [0.25, 0.3) is 5.91 Å². The molecule has 4 rings (SSSR count). The summed E-state index contributed by atoms with van der Waals surface area (Å²) in [6, 6.07) is 15.9. The van der Waals surface area contributed by atoms with Crippen molar-refractivity contribution in [2.45, 2.75) is 20.0 Å². The molecule has 0 atom stereocenters. The molecule has 0 spiro atoms. The van der Waals surface area contributed by atoms with Crippen LogP contribution in [-0.2, 0) is 17.8 Å². The summed E-state index contributed by atoms with van der Waals surface area (Å²) in [4.78, 5) is 19.3. The topological polar surface area (TPSA) is 59.4 Å². The van der Waals surface area contributed by atoms with Crippen LogP contribution in [0.5, 0.6) is 0 Å². The monoisotopic (exact) mass is 390 g/mol. The molecule has 3 aromatic rings. The van der Waals surface area contributed by atoms with E-state index >= 15 is 0 Å². The zero-order chi connectivity index (χ0) is 20.1. The molecule has 150 valence electrons. The first-order chi connectivity index (χ1) is 14.2. The van der Waals surface area contributed by atoms with Gasteiger partial charge in [-0.3, -0.25) is 9.69 Å². The number of imidazole rings is 1. The summed E-state index contributed by atoms with van der Waals surface area (Å²) in [5.41, 5.74) is 3.96. The van der Waals surface area contributed by atoms with Crippen molar-refractivity contribution >= 4 is 5.91 Å². The summed E-state index contributed by atoms with van der Waals surface area (Å²) in [6.07, 6.45) is 3.71. The Balaban J connectivity index is 1.38. The van der Waals surface area contributed by atoms with Crippen molar-refractivity contribution in [2.24, 2.45) is 0 Å². The van der Waals surface area contributed by atoms with Crippen LogP contribution in [0.1, 0.15) is 27.3 Å². The van der Waals surface area contributed by atoms with Crippen molar-refractivity contribution in [3.63, 3.8) is 0 Å². The number of amides is 1. The van der Waals surface area contributed by atoms with Crippen LogP contribution >= 0.6 is 0 Å². The minimum Gasteiger partial charge on any atom is -0.379 e. The molecular weight excluding hydrogens is 364 g/mol. The van der Waals surface area contributed by atoms with Gasteiger partial charge in [0.2, 0.25) is 0 Å². The second-order valence-electron chi connectivity index (χ2n) is 7.24. The average Bonchev–Trinajstić information content (AvgIpc) is 3.19. The van der Waals surface area contributed by atoms with Gasteiger partial charge in [-0.05, 0) is 36.2 Å². The highest BCUT2D eigenvalue weighted by molar-refractivity contribution is 5.94. The van der Waals surface area contributed by atoms with Crippen LogP contribution in [0, 0.1) is 6.92 Å². The standard InChI is InChI=1S/C23H26N4O2/c1-18-24-10-11-27(18)22-5-3-2-4-21(22)16-25-23(28)20-8-6-19(7-9-20)17-26-12-14-29-15-13-26/h2-11H,12-17H2,1H3,(H,25,28). The summed E-state index contributed by atoms with van der Waals surface area (Å²) < 4.78 is 7.42. The number of carbonyl (C=O) groups is 1. The van der Waals surface area contributed by atoms with Crippen molar-refractivity contribution in [1.29, 1.82) is 0 Å². The first-order valence-electron chi connectivity index (χ1n) is 9.96. The number of carbonyl (C=O) groups excluding carboxylic acids is 1. The summed E-state index contributed by atoms with van der Waals surface area (Å²) in [5, 5.41) is 3.04. The maximum atomic E-state index is 12.6. The third kappa shape index (κ3) is 4.72. The van der Waals surface area contributed by atoms with Crippen LogP contribution in [0.4, 0.5) is 0 Å². The molecule has 2 heterocycles. The van der Waals surface area contributed by atoms with Crippen molar-refractivity contribution in [3.05, 3.63) is 83.4 Å². The smallest absolute Gasteiger partial charge is 0.251 e. The van der Waals surface area contributed by atoms with Crippen LogP contribution in [0.2, 0.25) is 0 Å². The minimum absolute atomic E-state index is 0.0694. The van der Waals surface area contributed by atoms with Crippen molar-refractivity contribution in [2.75, 3.05) is 26.3 Å². The molecule has 0 radical (unpaired) electrons. The van der Waals surface area contributed by atoms with Crippen LogP contribution < -0.4 is 5.32 Å². The molecule has 1 fully saturated rings. The number of morpholine rings is 1. The molecule has 0 saturated carbocycles. The molecule has 1 aliphatic rings. The van der Waals surface area contributed by atoms with Gasteiger partial charge >= 0.3 is 0 Å². The number of aryl methyl sites for hydroxylation is 1. The van der Waals surface area contributed by atoms with E-state index in [1.165, 1.54) is 5.56 Å². The lowest BCUT2D eigenvalue weighted by atomic mass is 10.1. The predicted octanol–water partition coefficient (Wildman–Crippen LogP) is 2.94. The van der Waals surface area contributed by atoms with Gasteiger partial charge in [-0.1, -0.05) is 30.3 Å².